The van der Waals surface area contributed by atoms with E-state index in [0.717, 1.165) is 19.3 Å². The number of tetrazole rings is 1. The Hall–Kier alpha value is -1.50. The van der Waals surface area contributed by atoms with Crippen molar-refractivity contribution >= 4 is 5.91 Å². The van der Waals surface area contributed by atoms with Crippen LogP contribution in [-0.4, -0.2) is 44.3 Å². The number of H-pyrrole nitrogens is 1. The number of rotatable bonds is 3. The molecule has 0 saturated heterocycles. The maximum absolute atomic E-state index is 11.4. The Balaban J connectivity index is 1.76. The van der Waals surface area contributed by atoms with Crippen LogP contribution in [-0.2, 0) is 0 Å². The average molecular weight is 211 g/mol. The van der Waals surface area contributed by atoms with Crippen molar-refractivity contribution in [2.45, 2.75) is 25.4 Å². The number of amides is 1. The molecule has 1 aliphatic carbocycles. The molecule has 0 bridgehead atoms. The van der Waals surface area contributed by atoms with Crippen LogP contribution in [0.3, 0.4) is 0 Å². The first-order valence-corrected chi connectivity index (χ1v) is 4.95. The molecule has 7 nitrogen and oxygen atoms in total. The van der Waals surface area contributed by atoms with Gasteiger partial charge in [-0.2, -0.15) is 5.21 Å². The zero-order valence-corrected chi connectivity index (χ0v) is 8.18. The van der Waals surface area contributed by atoms with Gasteiger partial charge in [0.2, 0.25) is 0 Å². The summed E-state index contributed by atoms with van der Waals surface area (Å²) in [6.07, 6.45) is 2.32. The van der Waals surface area contributed by atoms with Crippen molar-refractivity contribution in [1.29, 1.82) is 0 Å². The van der Waals surface area contributed by atoms with Crippen LogP contribution >= 0.6 is 0 Å². The summed E-state index contributed by atoms with van der Waals surface area (Å²) in [4.78, 5) is 11.4. The standard InChI is InChI=1S/C8H13N5O2/c14-6-2-1-5(3-6)4-9-8(15)7-10-12-13-11-7/h5-6,14H,1-4H2,(H,9,15)(H,10,11,12,13). The SMILES string of the molecule is O=C(NCC1CCC(O)C1)c1nn[nH]n1. The van der Waals surface area contributed by atoms with Crippen molar-refractivity contribution < 1.29 is 9.90 Å². The third kappa shape index (κ3) is 2.50. The Kier molecular flexibility index (Phi) is 2.91. The fourth-order valence-electron chi connectivity index (χ4n) is 1.81. The van der Waals surface area contributed by atoms with Gasteiger partial charge in [0.1, 0.15) is 0 Å². The molecule has 2 unspecified atom stereocenters. The molecule has 1 aromatic heterocycles. The predicted octanol–water partition coefficient (Wildman–Crippen LogP) is -0.910. The third-order valence-corrected chi connectivity index (χ3v) is 2.61. The summed E-state index contributed by atoms with van der Waals surface area (Å²) in [7, 11) is 0. The lowest BCUT2D eigenvalue weighted by atomic mass is 10.1. The fourth-order valence-corrected chi connectivity index (χ4v) is 1.81. The quantitative estimate of drug-likeness (QED) is 0.600. The second-order valence-corrected chi connectivity index (χ2v) is 3.78. The predicted molar refractivity (Wildman–Crippen MR) is 49.9 cm³/mol. The Morgan fingerprint density at radius 3 is 3.07 bits per heavy atom. The monoisotopic (exact) mass is 211 g/mol. The van der Waals surface area contributed by atoms with E-state index in [9.17, 15) is 9.90 Å². The van der Waals surface area contributed by atoms with E-state index in [4.69, 9.17) is 0 Å². The zero-order valence-electron chi connectivity index (χ0n) is 8.18. The number of aromatic amines is 1. The Morgan fingerprint density at radius 2 is 2.47 bits per heavy atom. The summed E-state index contributed by atoms with van der Waals surface area (Å²) in [5.41, 5.74) is 0. The summed E-state index contributed by atoms with van der Waals surface area (Å²) in [6, 6.07) is 0. The first-order chi connectivity index (χ1) is 7.25. The molecule has 1 amide bonds. The minimum Gasteiger partial charge on any atom is -0.393 e. The molecule has 1 heterocycles. The van der Waals surface area contributed by atoms with Gasteiger partial charge in [-0.3, -0.25) is 4.79 Å². The average Bonchev–Trinajstić information content (AvgIpc) is 2.84. The van der Waals surface area contributed by atoms with E-state index in [2.05, 4.69) is 25.9 Å². The molecular formula is C8H13N5O2. The molecule has 0 aromatic carbocycles. The molecule has 82 valence electrons. The van der Waals surface area contributed by atoms with Gasteiger partial charge in [0.05, 0.1) is 6.10 Å². The third-order valence-electron chi connectivity index (χ3n) is 2.61. The minimum absolute atomic E-state index is 0.0496. The van der Waals surface area contributed by atoms with Gasteiger partial charge in [0.25, 0.3) is 11.7 Å². The van der Waals surface area contributed by atoms with Gasteiger partial charge in [-0.15, -0.1) is 10.2 Å². The van der Waals surface area contributed by atoms with E-state index < -0.39 is 0 Å². The lowest BCUT2D eigenvalue weighted by Crippen LogP contribution is -2.29. The first-order valence-electron chi connectivity index (χ1n) is 4.95. The lowest BCUT2D eigenvalue weighted by Gasteiger charge is -2.08. The molecule has 0 aliphatic heterocycles. The number of carbonyl (C=O) groups excluding carboxylic acids is 1. The maximum Gasteiger partial charge on any atom is 0.292 e. The van der Waals surface area contributed by atoms with Crippen molar-refractivity contribution in [3.63, 3.8) is 0 Å². The Labute approximate surface area is 86.3 Å². The second kappa shape index (κ2) is 4.35. The topological polar surface area (TPSA) is 104 Å². The van der Waals surface area contributed by atoms with Gasteiger partial charge in [0, 0.05) is 6.54 Å². The minimum atomic E-state index is -0.329. The Morgan fingerprint density at radius 1 is 1.60 bits per heavy atom. The molecular weight excluding hydrogens is 198 g/mol. The normalized spacial score (nSPS) is 25.4. The van der Waals surface area contributed by atoms with Crippen LogP contribution in [0.25, 0.3) is 0 Å². The zero-order chi connectivity index (χ0) is 10.7. The van der Waals surface area contributed by atoms with Gasteiger partial charge < -0.3 is 10.4 Å². The molecule has 0 spiro atoms. The number of nitrogens with one attached hydrogen (secondary N) is 2. The van der Waals surface area contributed by atoms with Crippen molar-refractivity contribution in [1.82, 2.24) is 25.9 Å². The van der Waals surface area contributed by atoms with E-state index in [1.807, 2.05) is 0 Å². The molecule has 1 saturated carbocycles. The van der Waals surface area contributed by atoms with E-state index in [1.54, 1.807) is 0 Å². The van der Waals surface area contributed by atoms with E-state index >= 15 is 0 Å². The van der Waals surface area contributed by atoms with Crippen molar-refractivity contribution in [3.8, 4) is 0 Å². The van der Waals surface area contributed by atoms with Crippen molar-refractivity contribution in [3.05, 3.63) is 5.82 Å². The fraction of sp³-hybridized carbons (Fsp3) is 0.750. The number of aliphatic hydroxyl groups excluding tert-OH is 1. The lowest BCUT2D eigenvalue weighted by molar-refractivity contribution is 0.0934. The smallest absolute Gasteiger partial charge is 0.292 e. The van der Waals surface area contributed by atoms with Crippen LogP contribution in [0.2, 0.25) is 0 Å². The number of hydrogen-bond acceptors (Lipinski definition) is 5. The summed E-state index contributed by atoms with van der Waals surface area (Å²) >= 11 is 0. The van der Waals surface area contributed by atoms with Crippen LogP contribution in [0.5, 0.6) is 0 Å². The van der Waals surface area contributed by atoms with Crippen molar-refractivity contribution in [2.24, 2.45) is 5.92 Å². The Bertz CT molecular complexity index is 326. The van der Waals surface area contributed by atoms with Gasteiger partial charge >= 0.3 is 0 Å². The van der Waals surface area contributed by atoms with Gasteiger partial charge in [-0.1, -0.05) is 0 Å². The van der Waals surface area contributed by atoms with E-state index in [-0.39, 0.29) is 17.8 Å². The van der Waals surface area contributed by atoms with Gasteiger partial charge in [0.15, 0.2) is 0 Å². The molecule has 1 aliphatic rings. The highest BCUT2D eigenvalue weighted by atomic mass is 16.3. The van der Waals surface area contributed by atoms with Gasteiger partial charge in [-0.05, 0) is 30.4 Å². The van der Waals surface area contributed by atoms with Crippen LogP contribution in [0.1, 0.15) is 29.9 Å². The number of hydrogen-bond donors (Lipinski definition) is 3. The number of carbonyl (C=O) groups is 1. The molecule has 3 N–H and O–H groups in total. The van der Waals surface area contributed by atoms with Gasteiger partial charge in [-0.25, -0.2) is 0 Å². The summed E-state index contributed by atoms with van der Waals surface area (Å²) < 4.78 is 0. The molecule has 15 heavy (non-hydrogen) atoms. The summed E-state index contributed by atoms with van der Waals surface area (Å²) in [5, 5.41) is 24.7. The molecule has 1 aromatic rings. The highest BCUT2D eigenvalue weighted by Gasteiger charge is 2.23. The van der Waals surface area contributed by atoms with Crippen LogP contribution in [0, 0.1) is 5.92 Å². The largest absolute Gasteiger partial charge is 0.393 e. The van der Waals surface area contributed by atoms with Crippen LogP contribution in [0.15, 0.2) is 0 Å². The molecule has 2 rings (SSSR count). The highest BCUT2D eigenvalue weighted by molar-refractivity contribution is 5.89. The summed E-state index contributed by atoms with van der Waals surface area (Å²) in [5.74, 6) is 0.0783. The van der Waals surface area contributed by atoms with Crippen LogP contribution < -0.4 is 5.32 Å². The number of aromatic nitrogens is 4. The summed E-state index contributed by atoms with van der Waals surface area (Å²) in [6.45, 7) is 0.560. The van der Waals surface area contributed by atoms with E-state index in [0.29, 0.717) is 12.5 Å². The number of nitrogens with zero attached hydrogens (tertiary/aromatic N) is 3. The highest BCUT2D eigenvalue weighted by Crippen LogP contribution is 2.24. The van der Waals surface area contributed by atoms with Crippen LogP contribution in [0.4, 0.5) is 0 Å². The number of aliphatic hydroxyl groups is 1. The van der Waals surface area contributed by atoms with E-state index in [1.165, 1.54) is 0 Å². The second-order valence-electron chi connectivity index (χ2n) is 3.78. The molecule has 1 fully saturated rings. The van der Waals surface area contributed by atoms with Crippen molar-refractivity contribution in [2.75, 3.05) is 6.54 Å². The molecule has 2 atom stereocenters. The molecule has 7 heteroatoms. The maximum atomic E-state index is 11.4. The molecule has 0 radical (unpaired) electrons. The first kappa shape index (κ1) is 10.0.